The molecule has 2 rings (SSSR count). The molecule has 0 aliphatic carbocycles. The van der Waals surface area contributed by atoms with Gasteiger partial charge in [0, 0.05) is 44.3 Å². The molecule has 0 fully saturated rings. The third-order valence-corrected chi connectivity index (χ3v) is 5.21. The summed E-state index contributed by atoms with van der Waals surface area (Å²) in [5.74, 6) is 1.27. The fourth-order valence-corrected chi connectivity index (χ4v) is 3.59. The van der Waals surface area contributed by atoms with Crippen LogP contribution in [0.2, 0.25) is 0 Å². The highest BCUT2D eigenvalue weighted by molar-refractivity contribution is 14.0. The molecule has 0 atom stereocenters. The van der Waals surface area contributed by atoms with Crippen LogP contribution in [0.25, 0.3) is 0 Å². The summed E-state index contributed by atoms with van der Waals surface area (Å²) in [6.07, 6.45) is 2.01. The number of aromatic nitrogens is 2. The van der Waals surface area contributed by atoms with Gasteiger partial charge in [-0.25, -0.2) is 4.39 Å². The Morgan fingerprint density at radius 1 is 1.24 bits per heavy atom. The molecule has 0 spiro atoms. The number of aryl methyl sites for hydroxylation is 1. The molecule has 0 aliphatic heterocycles. The molecule has 2 N–H and O–H groups in total. The van der Waals surface area contributed by atoms with Crippen molar-refractivity contribution in [3.63, 3.8) is 0 Å². The van der Waals surface area contributed by atoms with Crippen molar-refractivity contribution in [2.75, 3.05) is 27.0 Å². The van der Waals surface area contributed by atoms with Crippen LogP contribution in [0.4, 0.5) is 4.39 Å². The molecule has 6 nitrogen and oxygen atoms in total. The molecule has 29 heavy (non-hydrogen) atoms. The van der Waals surface area contributed by atoms with E-state index >= 15 is 0 Å². The number of methoxy groups -OCH3 is 1. The van der Waals surface area contributed by atoms with Gasteiger partial charge in [-0.3, -0.25) is 9.67 Å². The minimum atomic E-state index is -0.202. The highest BCUT2D eigenvalue weighted by Gasteiger charge is 2.12. The summed E-state index contributed by atoms with van der Waals surface area (Å²) in [7, 11) is 3.43. The van der Waals surface area contributed by atoms with Gasteiger partial charge in [-0.2, -0.15) is 16.9 Å². The lowest BCUT2D eigenvalue weighted by Crippen LogP contribution is -2.36. The first-order chi connectivity index (χ1) is 13.5. The van der Waals surface area contributed by atoms with E-state index in [9.17, 15) is 4.39 Å². The largest absolute Gasteiger partial charge is 0.383 e. The molecule has 0 saturated heterocycles. The number of aliphatic imine (C=N–C) groups is 1. The van der Waals surface area contributed by atoms with Crippen molar-refractivity contribution >= 4 is 41.7 Å². The van der Waals surface area contributed by atoms with Gasteiger partial charge in [-0.15, -0.1) is 24.0 Å². The van der Waals surface area contributed by atoms with Crippen molar-refractivity contribution in [2.45, 2.75) is 39.2 Å². The zero-order valence-electron chi connectivity index (χ0n) is 17.7. The molecule has 0 unspecified atom stereocenters. The molecule has 9 heteroatoms. The molecule has 0 aliphatic rings. The molecule has 2 aromatic rings. The molecule has 1 heterocycles. The third-order valence-electron chi connectivity index (χ3n) is 4.61. The maximum Gasteiger partial charge on any atom is 0.191 e. The van der Waals surface area contributed by atoms with Crippen molar-refractivity contribution in [1.82, 2.24) is 20.4 Å². The van der Waals surface area contributed by atoms with Gasteiger partial charge in [0.1, 0.15) is 5.82 Å². The number of nitrogens with one attached hydrogen (secondary N) is 2. The van der Waals surface area contributed by atoms with Crippen LogP contribution in [0.3, 0.4) is 0 Å². The number of nitrogens with zero attached hydrogens (tertiary/aromatic N) is 3. The van der Waals surface area contributed by atoms with Crippen LogP contribution in [0, 0.1) is 19.7 Å². The van der Waals surface area contributed by atoms with E-state index in [0.717, 1.165) is 40.4 Å². The Hall–Kier alpha value is -1.33. The molecular formula is C20H31FIN5OS. The van der Waals surface area contributed by atoms with E-state index in [1.807, 2.05) is 23.9 Å². The molecule has 0 bridgehead atoms. The lowest BCUT2D eigenvalue weighted by molar-refractivity contribution is 0.182. The van der Waals surface area contributed by atoms with Crippen LogP contribution in [-0.4, -0.2) is 42.8 Å². The topological polar surface area (TPSA) is 63.5 Å². The summed E-state index contributed by atoms with van der Waals surface area (Å²) < 4.78 is 20.6. The third kappa shape index (κ3) is 7.45. The Morgan fingerprint density at radius 3 is 2.62 bits per heavy atom. The zero-order valence-corrected chi connectivity index (χ0v) is 20.9. The molecule has 0 amide bonds. The van der Waals surface area contributed by atoms with E-state index in [-0.39, 0.29) is 29.8 Å². The minimum Gasteiger partial charge on any atom is -0.383 e. The Bertz CT molecular complexity index is 812. The smallest absolute Gasteiger partial charge is 0.191 e. The zero-order chi connectivity index (χ0) is 20.5. The van der Waals surface area contributed by atoms with Crippen LogP contribution in [0.5, 0.6) is 0 Å². The Kier molecular flexibility index (Phi) is 11.6. The Morgan fingerprint density at radius 2 is 1.97 bits per heavy atom. The van der Waals surface area contributed by atoms with E-state index in [0.29, 0.717) is 25.7 Å². The first-order valence-electron chi connectivity index (χ1n) is 9.22. The number of hydrogen-bond donors (Lipinski definition) is 2. The van der Waals surface area contributed by atoms with Gasteiger partial charge in [-0.1, -0.05) is 6.07 Å². The summed E-state index contributed by atoms with van der Waals surface area (Å²) in [6, 6.07) is 4.93. The maximum absolute atomic E-state index is 13.5. The fraction of sp³-hybridized carbons (Fsp3) is 0.500. The second-order valence-electron chi connectivity index (χ2n) is 6.49. The highest BCUT2D eigenvalue weighted by atomic mass is 127. The first-order valence-corrected chi connectivity index (χ1v) is 10.6. The van der Waals surface area contributed by atoms with E-state index in [2.05, 4.69) is 27.6 Å². The summed E-state index contributed by atoms with van der Waals surface area (Å²) in [5.41, 5.74) is 5.35. The summed E-state index contributed by atoms with van der Waals surface area (Å²) in [5, 5.41) is 11.2. The molecule has 0 saturated carbocycles. The van der Waals surface area contributed by atoms with E-state index in [4.69, 9.17) is 4.74 Å². The van der Waals surface area contributed by atoms with Gasteiger partial charge < -0.3 is 15.4 Å². The first kappa shape index (κ1) is 25.7. The van der Waals surface area contributed by atoms with Crippen LogP contribution in [0.1, 0.15) is 28.1 Å². The lowest BCUT2D eigenvalue weighted by Gasteiger charge is -2.14. The molecular weight excluding hydrogens is 504 g/mol. The van der Waals surface area contributed by atoms with Gasteiger partial charge in [0.25, 0.3) is 0 Å². The standard InChI is InChI=1S/C20H30FN5OS.HI/c1-14-19(15(2)26(25-14)8-9-27-4)12-24-20(22-3)23-11-16-6-7-18(21)10-17(16)13-28-5;/h6-7,10H,8-9,11-13H2,1-5H3,(H2,22,23,24);1H. The predicted octanol–water partition coefficient (Wildman–Crippen LogP) is 3.63. The normalized spacial score (nSPS) is 11.3. The van der Waals surface area contributed by atoms with E-state index in [1.165, 1.54) is 6.07 Å². The van der Waals surface area contributed by atoms with Crippen LogP contribution >= 0.6 is 35.7 Å². The molecule has 1 aromatic heterocycles. The number of rotatable bonds is 9. The summed E-state index contributed by atoms with van der Waals surface area (Å²) in [4.78, 5) is 4.30. The monoisotopic (exact) mass is 535 g/mol. The van der Waals surface area contributed by atoms with Crippen molar-refractivity contribution in [2.24, 2.45) is 4.99 Å². The van der Waals surface area contributed by atoms with Gasteiger partial charge in [-0.05, 0) is 43.4 Å². The molecule has 162 valence electrons. The summed E-state index contributed by atoms with van der Waals surface area (Å²) >= 11 is 1.68. The van der Waals surface area contributed by atoms with Crippen molar-refractivity contribution in [3.05, 3.63) is 52.1 Å². The van der Waals surface area contributed by atoms with Crippen molar-refractivity contribution < 1.29 is 9.13 Å². The van der Waals surface area contributed by atoms with Crippen LogP contribution in [-0.2, 0) is 30.1 Å². The van der Waals surface area contributed by atoms with Gasteiger partial charge in [0.2, 0.25) is 0 Å². The second kappa shape index (κ2) is 13.1. The number of thioether (sulfide) groups is 1. The van der Waals surface area contributed by atoms with Gasteiger partial charge in [0.15, 0.2) is 5.96 Å². The number of hydrogen-bond acceptors (Lipinski definition) is 4. The van der Waals surface area contributed by atoms with Crippen molar-refractivity contribution in [3.8, 4) is 0 Å². The lowest BCUT2D eigenvalue weighted by atomic mass is 10.1. The van der Waals surface area contributed by atoms with Crippen LogP contribution in [0.15, 0.2) is 23.2 Å². The highest BCUT2D eigenvalue weighted by Crippen LogP contribution is 2.17. The summed E-state index contributed by atoms with van der Waals surface area (Å²) in [6.45, 7) is 6.66. The maximum atomic E-state index is 13.5. The van der Waals surface area contributed by atoms with Gasteiger partial charge in [0.05, 0.1) is 18.8 Å². The predicted molar refractivity (Wildman–Crippen MR) is 130 cm³/mol. The minimum absolute atomic E-state index is 0. The van der Waals surface area contributed by atoms with E-state index in [1.54, 1.807) is 32.0 Å². The number of ether oxygens (including phenoxy) is 1. The van der Waals surface area contributed by atoms with E-state index < -0.39 is 0 Å². The SMILES string of the molecule is CN=C(NCc1ccc(F)cc1CSC)NCc1c(C)nn(CCOC)c1C.I. The number of benzene rings is 1. The Labute approximate surface area is 194 Å². The second-order valence-corrected chi connectivity index (χ2v) is 7.36. The average Bonchev–Trinajstić information content (AvgIpc) is 2.95. The fourth-order valence-electron chi connectivity index (χ4n) is 3.01. The average molecular weight is 535 g/mol. The van der Waals surface area contributed by atoms with Gasteiger partial charge >= 0.3 is 0 Å². The molecule has 0 radical (unpaired) electrons. The van der Waals surface area contributed by atoms with Crippen molar-refractivity contribution in [1.29, 1.82) is 0 Å². The number of halogens is 2. The molecule has 1 aromatic carbocycles. The number of guanidine groups is 1. The Balaban J connectivity index is 0.00000420. The van der Waals surface area contributed by atoms with Crippen LogP contribution < -0.4 is 10.6 Å². The quantitative estimate of drug-likeness (QED) is 0.292.